The first-order valence-corrected chi connectivity index (χ1v) is 8.59. The van der Waals surface area contributed by atoms with Gasteiger partial charge in [0.05, 0.1) is 18.7 Å². The number of thiazole rings is 1. The zero-order valence-electron chi connectivity index (χ0n) is 13.8. The molecule has 0 saturated carbocycles. The molecule has 6 nitrogen and oxygen atoms in total. The third-order valence-corrected chi connectivity index (χ3v) is 4.59. The number of rotatable bonds is 4. The van der Waals surface area contributed by atoms with Crippen molar-refractivity contribution in [2.24, 2.45) is 5.10 Å². The van der Waals surface area contributed by atoms with Crippen LogP contribution in [0.4, 0.5) is 22.7 Å². The number of carbonyl (C=O) groups excluding carboxylic acids is 1. The Labute approximate surface area is 154 Å². The molecule has 1 aliphatic rings. The summed E-state index contributed by atoms with van der Waals surface area (Å²) in [5, 5.41) is 15.4. The van der Waals surface area contributed by atoms with Crippen molar-refractivity contribution in [3.05, 3.63) is 46.7 Å². The molecule has 2 heterocycles. The Hall–Kier alpha value is -2.53. The number of benzene rings is 1. The molecule has 1 N–H and O–H groups in total. The maximum absolute atomic E-state index is 13.6. The summed E-state index contributed by atoms with van der Waals surface area (Å²) in [5.74, 6) is -1.35. The second-order valence-electron chi connectivity index (χ2n) is 5.59. The van der Waals surface area contributed by atoms with E-state index in [0.29, 0.717) is 16.3 Å². The fourth-order valence-electron chi connectivity index (χ4n) is 2.43. The van der Waals surface area contributed by atoms with Crippen LogP contribution in [0, 0.1) is 5.82 Å². The molecule has 11 heteroatoms. The molecule has 1 aromatic heterocycles. The Balaban J connectivity index is 2.01. The van der Waals surface area contributed by atoms with Crippen molar-refractivity contribution in [3.63, 3.8) is 0 Å². The quantitative estimate of drug-likeness (QED) is 0.626. The van der Waals surface area contributed by atoms with Crippen LogP contribution in [0.2, 0.25) is 0 Å². The van der Waals surface area contributed by atoms with Crippen molar-refractivity contribution >= 4 is 28.1 Å². The molecule has 144 valence electrons. The fraction of sp³-hybridized carbons (Fsp3) is 0.312. The monoisotopic (exact) mass is 403 g/mol. The number of carbonyl (C=O) groups is 1. The van der Waals surface area contributed by atoms with Crippen LogP contribution in [0.1, 0.15) is 29.4 Å². The van der Waals surface area contributed by atoms with E-state index in [0.717, 1.165) is 12.1 Å². The van der Waals surface area contributed by atoms with Crippen molar-refractivity contribution in [1.82, 2.24) is 4.98 Å². The van der Waals surface area contributed by atoms with E-state index in [-0.39, 0.29) is 28.7 Å². The van der Waals surface area contributed by atoms with Gasteiger partial charge in [-0.1, -0.05) is 12.1 Å². The molecule has 0 radical (unpaired) electrons. The summed E-state index contributed by atoms with van der Waals surface area (Å²) in [5.41, 5.74) is -3.40. The number of esters is 1. The molecule has 1 aliphatic heterocycles. The number of nitrogens with zero attached hydrogens (tertiary/aromatic N) is 3. The average molecular weight is 403 g/mol. The molecular weight excluding hydrogens is 390 g/mol. The molecule has 1 atom stereocenters. The fourth-order valence-corrected chi connectivity index (χ4v) is 3.24. The summed E-state index contributed by atoms with van der Waals surface area (Å²) in [7, 11) is 0. The maximum atomic E-state index is 13.6. The Morgan fingerprint density at radius 3 is 2.63 bits per heavy atom. The van der Waals surface area contributed by atoms with Gasteiger partial charge in [-0.2, -0.15) is 23.3 Å². The van der Waals surface area contributed by atoms with E-state index in [1.807, 2.05) is 0 Å². The molecule has 27 heavy (non-hydrogen) atoms. The van der Waals surface area contributed by atoms with E-state index >= 15 is 0 Å². The normalized spacial score (nSPS) is 19.9. The van der Waals surface area contributed by atoms with Crippen LogP contribution in [0.25, 0.3) is 0 Å². The largest absolute Gasteiger partial charge is 0.461 e. The van der Waals surface area contributed by atoms with Gasteiger partial charge in [0.2, 0.25) is 5.13 Å². The van der Waals surface area contributed by atoms with Gasteiger partial charge >= 0.3 is 12.1 Å². The highest BCUT2D eigenvalue weighted by atomic mass is 32.1. The molecule has 3 rings (SSSR count). The number of aromatic nitrogens is 1. The summed E-state index contributed by atoms with van der Waals surface area (Å²) >= 11 is 0.706. The summed E-state index contributed by atoms with van der Waals surface area (Å²) in [6.07, 6.45) is -5.94. The molecule has 0 bridgehead atoms. The SMILES string of the molecule is CCOC(=O)c1csc(N2N=C(c3ccc(F)cc3)C[C@]2(O)C(F)(F)F)n1. The first kappa shape index (κ1) is 19.2. The number of ether oxygens (including phenoxy) is 1. The molecular formula is C16H13F4N3O3S. The molecule has 0 saturated heterocycles. The topological polar surface area (TPSA) is 75.0 Å². The number of anilines is 1. The number of alkyl halides is 3. The number of hydrogen-bond acceptors (Lipinski definition) is 7. The number of hydrazone groups is 1. The number of halogens is 4. The van der Waals surface area contributed by atoms with Crippen LogP contribution in [0.3, 0.4) is 0 Å². The molecule has 0 aliphatic carbocycles. The van der Waals surface area contributed by atoms with Gasteiger partial charge in [-0.3, -0.25) is 0 Å². The number of aliphatic hydroxyl groups is 1. The summed E-state index contributed by atoms with van der Waals surface area (Å²) in [6.45, 7) is 1.65. The Morgan fingerprint density at radius 1 is 1.37 bits per heavy atom. The lowest BCUT2D eigenvalue weighted by molar-refractivity contribution is -0.254. The number of hydrogen-bond donors (Lipinski definition) is 1. The van der Waals surface area contributed by atoms with Gasteiger partial charge in [0.25, 0.3) is 5.72 Å². The zero-order valence-corrected chi connectivity index (χ0v) is 14.6. The standard InChI is InChI=1S/C16H13F4N3O3S/c1-2-26-13(24)12-8-27-14(21-12)23-15(25,16(18,19)20)7-11(22-23)9-3-5-10(17)6-4-9/h3-6,8,25H,2,7H2,1H3/t15-/m0/s1. The van der Waals surface area contributed by atoms with Crippen molar-refractivity contribution in [3.8, 4) is 0 Å². The predicted molar refractivity (Wildman–Crippen MR) is 89.1 cm³/mol. The lowest BCUT2D eigenvalue weighted by Gasteiger charge is -2.32. The predicted octanol–water partition coefficient (Wildman–Crippen LogP) is 3.32. The summed E-state index contributed by atoms with van der Waals surface area (Å²) < 4.78 is 58.6. The van der Waals surface area contributed by atoms with Gasteiger partial charge < -0.3 is 9.84 Å². The Morgan fingerprint density at radius 2 is 2.04 bits per heavy atom. The van der Waals surface area contributed by atoms with E-state index in [2.05, 4.69) is 10.1 Å². The van der Waals surface area contributed by atoms with Crippen molar-refractivity contribution < 1.29 is 32.2 Å². The van der Waals surface area contributed by atoms with E-state index in [4.69, 9.17) is 4.74 Å². The Kier molecular flexibility index (Phi) is 4.91. The second-order valence-corrected chi connectivity index (χ2v) is 6.43. The summed E-state index contributed by atoms with van der Waals surface area (Å²) in [6, 6.07) is 4.69. The van der Waals surface area contributed by atoms with Crippen molar-refractivity contribution in [2.75, 3.05) is 11.6 Å². The van der Waals surface area contributed by atoms with E-state index in [9.17, 15) is 27.5 Å². The van der Waals surface area contributed by atoms with Crippen LogP contribution >= 0.6 is 11.3 Å². The van der Waals surface area contributed by atoms with Gasteiger partial charge in [-0.25, -0.2) is 14.2 Å². The molecule has 2 aromatic rings. The smallest absolute Gasteiger partial charge is 0.438 e. The van der Waals surface area contributed by atoms with E-state index in [1.54, 1.807) is 6.92 Å². The minimum absolute atomic E-state index is 0.0781. The van der Waals surface area contributed by atoms with Crippen LogP contribution < -0.4 is 5.01 Å². The second kappa shape index (κ2) is 6.89. The first-order valence-electron chi connectivity index (χ1n) is 7.71. The van der Waals surface area contributed by atoms with Gasteiger partial charge in [-0.15, -0.1) is 11.3 Å². The molecule has 1 aromatic carbocycles. The minimum atomic E-state index is -5.06. The molecule has 0 spiro atoms. The molecule has 0 fully saturated rings. The first-order chi connectivity index (χ1) is 12.7. The van der Waals surface area contributed by atoms with Crippen LogP contribution in [-0.2, 0) is 4.74 Å². The van der Waals surface area contributed by atoms with E-state index < -0.39 is 30.1 Å². The van der Waals surface area contributed by atoms with Gasteiger partial charge in [0.15, 0.2) is 5.69 Å². The van der Waals surface area contributed by atoms with Crippen LogP contribution in [0.5, 0.6) is 0 Å². The highest BCUT2D eigenvalue weighted by Crippen LogP contribution is 2.44. The summed E-state index contributed by atoms with van der Waals surface area (Å²) in [4.78, 5) is 15.5. The molecule has 0 amide bonds. The lowest BCUT2D eigenvalue weighted by Crippen LogP contribution is -2.55. The third-order valence-electron chi connectivity index (χ3n) is 3.77. The Bertz CT molecular complexity index is 882. The van der Waals surface area contributed by atoms with Crippen molar-refractivity contribution in [2.45, 2.75) is 25.2 Å². The van der Waals surface area contributed by atoms with Crippen molar-refractivity contribution in [1.29, 1.82) is 0 Å². The van der Waals surface area contributed by atoms with Crippen LogP contribution in [-0.4, -0.2) is 40.3 Å². The van der Waals surface area contributed by atoms with Gasteiger partial charge in [0, 0.05) is 5.38 Å². The van der Waals surface area contributed by atoms with Gasteiger partial charge in [0.1, 0.15) is 5.82 Å². The lowest BCUT2D eigenvalue weighted by atomic mass is 10.0. The molecule has 0 unspecified atom stereocenters. The van der Waals surface area contributed by atoms with E-state index in [1.165, 1.54) is 17.5 Å². The minimum Gasteiger partial charge on any atom is -0.461 e. The zero-order chi connectivity index (χ0) is 19.8. The maximum Gasteiger partial charge on any atom is 0.438 e. The van der Waals surface area contributed by atoms with Gasteiger partial charge in [-0.05, 0) is 24.6 Å². The highest BCUT2D eigenvalue weighted by Gasteiger charge is 2.62. The third kappa shape index (κ3) is 3.52. The highest BCUT2D eigenvalue weighted by molar-refractivity contribution is 7.14. The van der Waals surface area contributed by atoms with Crippen LogP contribution in [0.15, 0.2) is 34.7 Å². The average Bonchev–Trinajstić information content (AvgIpc) is 3.20.